The fraction of sp³-hybridized carbons (Fsp3) is 0.200. The van der Waals surface area contributed by atoms with Crippen molar-refractivity contribution >= 4 is 23.2 Å². The summed E-state index contributed by atoms with van der Waals surface area (Å²) in [5.74, 6) is 0.230. The van der Waals surface area contributed by atoms with Gasteiger partial charge in [0.15, 0.2) is 0 Å². The predicted molar refractivity (Wildman–Crippen MR) is 108 cm³/mol. The van der Waals surface area contributed by atoms with Crippen molar-refractivity contribution in [1.82, 2.24) is 14.8 Å². The summed E-state index contributed by atoms with van der Waals surface area (Å²) >= 11 is 6.15. The van der Waals surface area contributed by atoms with Gasteiger partial charge < -0.3 is 10.1 Å². The number of amides is 1. The Balaban J connectivity index is 1.85. The minimum atomic E-state index is -0.866. The van der Waals surface area contributed by atoms with Crippen LogP contribution in [0.1, 0.15) is 18.5 Å². The van der Waals surface area contributed by atoms with E-state index in [0.29, 0.717) is 27.7 Å². The van der Waals surface area contributed by atoms with Crippen LogP contribution < -0.4 is 15.7 Å². The van der Waals surface area contributed by atoms with Crippen molar-refractivity contribution in [3.05, 3.63) is 69.7 Å². The molecule has 0 spiro atoms. The SMILES string of the molecule is COc1cccc(-c2cnn([C@@H](C)C(=O)Nc3c(C)cccc3Cl)c(=O)n2)c1. The molecule has 1 N–H and O–H groups in total. The molecule has 0 fully saturated rings. The van der Waals surface area contributed by atoms with Gasteiger partial charge in [-0.15, -0.1) is 0 Å². The van der Waals surface area contributed by atoms with Gasteiger partial charge in [0.2, 0.25) is 5.91 Å². The number of para-hydroxylation sites is 1. The smallest absolute Gasteiger partial charge is 0.365 e. The molecule has 7 nitrogen and oxygen atoms in total. The van der Waals surface area contributed by atoms with Crippen LogP contribution >= 0.6 is 11.6 Å². The molecule has 8 heteroatoms. The summed E-state index contributed by atoms with van der Waals surface area (Å²) in [5, 5.41) is 7.30. The Labute approximate surface area is 166 Å². The molecule has 0 saturated heterocycles. The molecule has 1 amide bonds. The summed E-state index contributed by atoms with van der Waals surface area (Å²) in [6, 6.07) is 11.6. The molecule has 0 aliphatic carbocycles. The molecule has 28 heavy (non-hydrogen) atoms. The molecule has 3 rings (SSSR count). The van der Waals surface area contributed by atoms with Crippen molar-refractivity contribution in [3.63, 3.8) is 0 Å². The van der Waals surface area contributed by atoms with Crippen LogP contribution in [0.5, 0.6) is 5.75 Å². The van der Waals surface area contributed by atoms with Gasteiger partial charge in [0.05, 0.1) is 29.7 Å². The zero-order valence-corrected chi connectivity index (χ0v) is 16.4. The quantitative estimate of drug-likeness (QED) is 0.711. The number of carbonyl (C=O) groups is 1. The summed E-state index contributed by atoms with van der Waals surface area (Å²) < 4.78 is 6.21. The molecule has 1 atom stereocenters. The Morgan fingerprint density at radius 2 is 2.00 bits per heavy atom. The Hall–Kier alpha value is -3.19. The number of hydrogen-bond donors (Lipinski definition) is 1. The van der Waals surface area contributed by atoms with Gasteiger partial charge in [-0.3, -0.25) is 4.79 Å². The lowest BCUT2D eigenvalue weighted by molar-refractivity contribution is -0.119. The molecular formula is C20H19ClN4O3. The largest absolute Gasteiger partial charge is 0.497 e. The second kappa shape index (κ2) is 8.22. The second-order valence-electron chi connectivity index (χ2n) is 6.20. The number of aryl methyl sites for hydroxylation is 1. The summed E-state index contributed by atoms with van der Waals surface area (Å²) in [4.78, 5) is 29.1. The normalized spacial score (nSPS) is 11.7. The Bertz CT molecular complexity index is 1060. The number of ether oxygens (including phenoxy) is 1. The van der Waals surface area contributed by atoms with Crippen molar-refractivity contribution in [2.45, 2.75) is 19.9 Å². The average molecular weight is 399 g/mol. The van der Waals surface area contributed by atoms with E-state index >= 15 is 0 Å². The first-order chi connectivity index (χ1) is 13.4. The maximum atomic E-state index is 12.6. The molecule has 1 aromatic heterocycles. The van der Waals surface area contributed by atoms with Gasteiger partial charge in [-0.05, 0) is 37.6 Å². The van der Waals surface area contributed by atoms with Crippen LogP contribution in [0.2, 0.25) is 5.02 Å². The first-order valence-corrected chi connectivity index (χ1v) is 8.94. The lowest BCUT2D eigenvalue weighted by Gasteiger charge is -2.16. The lowest BCUT2D eigenvalue weighted by Crippen LogP contribution is -2.35. The van der Waals surface area contributed by atoms with E-state index in [1.54, 1.807) is 50.4 Å². The van der Waals surface area contributed by atoms with Gasteiger partial charge in [-0.2, -0.15) is 10.1 Å². The Morgan fingerprint density at radius 1 is 1.25 bits per heavy atom. The van der Waals surface area contributed by atoms with Crippen LogP contribution in [0.15, 0.2) is 53.5 Å². The van der Waals surface area contributed by atoms with Crippen LogP contribution in [0.25, 0.3) is 11.3 Å². The summed E-state index contributed by atoms with van der Waals surface area (Å²) in [5.41, 5.74) is 1.79. The van der Waals surface area contributed by atoms with Crippen molar-refractivity contribution in [2.75, 3.05) is 12.4 Å². The fourth-order valence-electron chi connectivity index (χ4n) is 2.67. The van der Waals surface area contributed by atoms with Gasteiger partial charge in [-0.25, -0.2) is 9.48 Å². The number of aromatic nitrogens is 3. The molecular weight excluding hydrogens is 380 g/mol. The number of nitrogens with zero attached hydrogens (tertiary/aromatic N) is 3. The molecule has 2 aromatic carbocycles. The van der Waals surface area contributed by atoms with Crippen LogP contribution in [0, 0.1) is 6.92 Å². The number of carbonyl (C=O) groups excluding carboxylic acids is 1. The third kappa shape index (κ3) is 4.04. The first kappa shape index (κ1) is 19.6. The maximum absolute atomic E-state index is 12.6. The van der Waals surface area contributed by atoms with E-state index in [9.17, 15) is 9.59 Å². The van der Waals surface area contributed by atoms with Crippen LogP contribution in [0.3, 0.4) is 0 Å². The zero-order chi connectivity index (χ0) is 20.3. The highest BCUT2D eigenvalue weighted by atomic mass is 35.5. The molecule has 0 aliphatic heterocycles. The van der Waals surface area contributed by atoms with E-state index in [-0.39, 0.29) is 0 Å². The number of anilines is 1. The third-order valence-corrected chi connectivity index (χ3v) is 4.61. The maximum Gasteiger partial charge on any atom is 0.365 e. The molecule has 0 radical (unpaired) electrons. The van der Waals surface area contributed by atoms with Crippen molar-refractivity contribution in [1.29, 1.82) is 0 Å². The van der Waals surface area contributed by atoms with E-state index in [2.05, 4.69) is 15.4 Å². The van der Waals surface area contributed by atoms with Crippen LogP contribution in [-0.4, -0.2) is 27.8 Å². The Kier molecular flexibility index (Phi) is 5.75. The van der Waals surface area contributed by atoms with Crippen molar-refractivity contribution < 1.29 is 9.53 Å². The van der Waals surface area contributed by atoms with Crippen molar-refractivity contribution in [3.8, 4) is 17.0 Å². The van der Waals surface area contributed by atoms with E-state index in [1.165, 1.54) is 6.20 Å². The predicted octanol–water partition coefficient (Wildman–Crippen LogP) is 3.48. The highest BCUT2D eigenvalue weighted by molar-refractivity contribution is 6.34. The number of hydrogen-bond acceptors (Lipinski definition) is 5. The lowest BCUT2D eigenvalue weighted by atomic mass is 10.1. The molecule has 0 bridgehead atoms. The second-order valence-corrected chi connectivity index (χ2v) is 6.60. The number of rotatable bonds is 5. The van der Waals surface area contributed by atoms with Crippen LogP contribution in [-0.2, 0) is 4.79 Å². The average Bonchev–Trinajstić information content (AvgIpc) is 2.70. The molecule has 0 unspecified atom stereocenters. The fourth-order valence-corrected chi connectivity index (χ4v) is 2.93. The zero-order valence-electron chi connectivity index (χ0n) is 15.6. The number of methoxy groups -OCH3 is 1. The number of nitrogens with one attached hydrogen (secondary N) is 1. The van der Waals surface area contributed by atoms with Gasteiger partial charge in [0, 0.05) is 5.56 Å². The Morgan fingerprint density at radius 3 is 2.68 bits per heavy atom. The molecule has 3 aromatic rings. The molecule has 0 saturated carbocycles. The van der Waals surface area contributed by atoms with Crippen molar-refractivity contribution in [2.24, 2.45) is 0 Å². The topological polar surface area (TPSA) is 86.1 Å². The van der Waals surface area contributed by atoms with Gasteiger partial charge in [0.1, 0.15) is 11.8 Å². The first-order valence-electron chi connectivity index (χ1n) is 8.57. The van der Waals surface area contributed by atoms with Gasteiger partial charge >= 0.3 is 5.69 Å². The van der Waals surface area contributed by atoms with Crippen LogP contribution in [0.4, 0.5) is 5.69 Å². The minimum Gasteiger partial charge on any atom is -0.497 e. The summed E-state index contributed by atoms with van der Waals surface area (Å²) in [7, 11) is 1.56. The molecule has 144 valence electrons. The van der Waals surface area contributed by atoms with Gasteiger partial charge in [-0.1, -0.05) is 35.9 Å². The van der Waals surface area contributed by atoms with E-state index in [0.717, 1.165) is 10.2 Å². The van der Waals surface area contributed by atoms with E-state index in [1.807, 2.05) is 13.0 Å². The molecule has 0 aliphatic rings. The van der Waals surface area contributed by atoms with E-state index < -0.39 is 17.6 Å². The standard InChI is InChI=1S/C20H19ClN4O3/c1-12-6-4-9-16(21)18(12)24-19(26)13(2)25-20(27)23-17(11-22-25)14-7-5-8-15(10-14)28-3/h4-11,13H,1-3H3,(H,24,26)/t13-/m0/s1. The number of benzene rings is 2. The molecule has 1 heterocycles. The summed E-state index contributed by atoms with van der Waals surface area (Å²) in [6.07, 6.45) is 1.45. The highest BCUT2D eigenvalue weighted by Crippen LogP contribution is 2.26. The number of halogens is 1. The minimum absolute atomic E-state index is 0.398. The highest BCUT2D eigenvalue weighted by Gasteiger charge is 2.20. The third-order valence-electron chi connectivity index (χ3n) is 4.30. The monoisotopic (exact) mass is 398 g/mol. The summed E-state index contributed by atoms with van der Waals surface area (Å²) in [6.45, 7) is 3.41. The van der Waals surface area contributed by atoms with Gasteiger partial charge in [0.25, 0.3) is 0 Å². The van der Waals surface area contributed by atoms with E-state index in [4.69, 9.17) is 16.3 Å².